The maximum atomic E-state index is 13.0. The number of para-hydroxylation sites is 2. The van der Waals surface area contributed by atoms with Crippen LogP contribution in [0.4, 0.5) is 0 Å². The van der Waals surface area contributed by atoms with Crippen LogP contribution < -0.4 is 5.56 Å². The Labute approximate surface area is 214 Å². The summed E-state index contributed by atoms with van der Waals surface area (Å²) in [6.07, 6.45) is 5.90. The van der Waals surface area contributed by atoms with Crippen molar-refractivity contribution in [3.8, 4) is 0 Å². The molecule has 184 valence electrons. The van der Waals surface area contributed by atoms with Gasteiger partial charge < -0.3 is 9.47 Å². The van der Waals surface area contributed by atoms with Crippen LogP contribution >= 0.6 is 11.3 Å². The van der Waals surface area contributed by atoms with Crippen LogP contribution in [0.1, 0.15) is 34.8 Å². The van der Waals surface area contributed by atoms with Crippen molar-refractivity contribution >= 4 is 28.0 Å². The van der Waals surface area contributed by atoms with E-state index in [1.807, 2.05) is 42.7 Å². The lowest BCUT2D eigenvalue weighted by molar-refractivity contribution is 0.184. The van der Waals surface area contributed by atoms with Crippen LogP contribution in [0.5, 0.6) is 0 Å². The van der Waals surface area contributed by atoms with Crippen molar-refractivity contribution in [1.29, 1.82) is 0 Å². The summed E-state index contributed by atoms with van der Waals surface area (Å²) in [4.78, 5) is 26.5. The molecule has 0 unspecified atom stereocenters. The third-order valence-electron chi connectivity index (χ3n) is 7.52. The maximum Gasteiger partial charge on any atom is 0.261 e. The Kier molecular flexibility index (Phi) is 6.42. The normalized spacial score (nSPS) is 15.2. The second kappa shape index (κ2) is 9.99. The largest absolute Gasteiger partial charge is 0.323 e. The van der Waals surface area contributed by atoms with Crippen LogP contribution in [0.15, 0.2) is 71.0 Å². The molecule has 0 bridgehead atoms. The molecular formula is C29H31N5OS. The van der Waals surface area contributed by atoms with Gasteiger partial charge in [-0.25, -0.2) is 9.97 Å². The third kappa shape index (κ3) is 4.61. The summed E-state index contributed by atoms with van der Waals surface area (Å²) in [5.41, 5.74) is 4.79. The highest BCUT2D eigenvalue weighted by Crippen LogP contribution is 2.26. The fourth-order valence-electron chi connectivity index (χ4n) is 5.48. The summed E-state index contributed by atoms with van der Waals surface area (Å²) < 4.78 is 4.08. The van der Waals surface area contributed by atoms with Gasteiger partial charge in [0.15, 0.2) is 0 Å². The van der Waals surface area contributed by atoms with Crippen LogP contribution in [0.25, 0.3) is 16.7 Å². The Balaban J connectivity index is 1.11. The molecule has 0 aliphatic carbocycles. The SMILES string of the molecule is Cc1nc2ccccn2c(=O)c1CCN1CCC(Cc2nc3ccccc3n2Cc2cccs2)CC1. The van der Waals surface area contributed by atoms with Gasteiger partial charge in [-0.3, -0.25) is 9.20 Å². The second-order valence-corrected chi connectivity index (χ2v) is 10.9. The Morgan fingerprint density at radius 2 is 1.83 bits per heavy atom. The molecule has 6 rings (SSSR count). The summed E-state index contributed by atoms with van der Waals surface area (Å²) in [6.45, 7) is 5.88. The first-order valence-corrected chi connectivity index (χ1v) is 13.7. The number of thiophene rings is 1. The Morgan fingerprint density at radius 3 is 2.67 bits per heavy atom. The maximum absolute atomic E-state index is 13.0. The minimum Gasteiger partial charge on any atom is -0.323 e. The van der Waals surface area contributed by atoms with Gasteiger partial charge >= 0.3 is 0 Å². The number of hydrogen-bond donors (Lipinski definition) is 0. The molecule has 5 heterocycles. The number of rotatable bonds is 7. The topological polar surface area (TPSA) is 55.4 Å². The minimum atomic E-state index is 0.0672. The number of fused-ring (bicyclic) bond motifs is 2. The van der Waals surface area contributed by atoms with Crippen molar-refractivity contribution in [2.75, 3.05) is 19.6 Å². The van der Waals surface area contributed by atoms with Gasteiger partial charge in [0.05, 0.1) is 17.6 Å². The van der Waals surface area contributed by atoms with E-state index in [1.54, 1.807) is 4.40 Å². The predicted molar refractivity (Wildman–Crippen MR) is 146 cm³/mol. The van der Waals surface area contributed by atoms with Crippen molar-refractivity contribution in [3.63, 3.8) is 0 Å². The molecule has 0 saturated carbocycles. The van der Waals surface area contributed by atoms with Gasteiger partial charge in [0.1, 0.15) is 11.5 Å². The van der Waals surface area contributed by atoms with E-state index in [0.717, 1.165) is 74.3 Å². The van der Waals surface area contributed by atoms with E-state index >= 15 is 0 Å². The summed E-state index contributed by atoms with van der Waals surface area (Å²) in [6, 6.07) is 18.5. The van der Waals surface area contributed by atoms with E-state index < -0.39 is 0 Å². The summed E-state index contributed by atoms with van der Waals surface area (Å²) in [7, 11) is 0. The van der Waals surface area contributed by atoms with Crippen molar-refractivity contribution in [2.45, 2.75) is 39.2 Å². The van der Waals surface area contributed by atoms with Crippen LogP contribution in [-0.2, 0) is 19.4 Å². The number of likely N-dealkylation sites (tertiary alicyclic amines) is 1. The van der Waals surface area contributed by atoms with Crippen LogP contribution in [0, 0.1) is 12.8 Å². The van der Waals surface area contributed by atoms with E-state index in [2.05, 4.69) is 56.2 Å². The molecule has 0 atom stereocenters. The molecular weight excluding hydrogens is 466 g/mol. The van der Waals surface area contributed by atoms with Gasteiger partial charge in [0.25, 0.3) is 5.56 Å². The number of hydrogen-bond acceptors (Lipinski definition) is 5. The smallest absolute Gasteiger partial charge is 0.261 e. The first-order chi connectivity index (χ1) is 17.7. The van der Waals surface area contributed by atoms with Crippen molar-refractivity contribution in [2.24, 2.45) is 5.92 Å². The predicted octanol–water partition coefficient (Wildman–Crippen LogP) is 4.96. The van der Waals surface area contributed by atoms with Gasteiger partial charge in [-0.05, 0) is 80.9 Å². The minimum absolute atomic E-state index is 0.0672. The molecule has 1 fully saturated rings. The highest BCUT2D eigenvalue weighted by Gasteiger charge is 2.23. The lowest BCUT2D eigenvalue weighted by atomic mass is 9.93. The molecule has 1 aliphatic rings. The zero-order valence-corrected chi connectivity index (χ0v) is 21.5. The monoisotopic (exact) mass is 497 g/mol. The highest BCUT2D eigenvalue weighted by molar-refractivity contribution is 7.09. The molecule has 0 radical (unpaired) electrons. The number of imidazole rings is 1. The standard InChI is InChI=1S/C29H31N5OS/c1-21-24(29(35)33-14-5-4-10-27(33)30-21)13-17-32-15-11-22(12-16-32)19-28-31-25-8-2-3-9-26(25)34(28)20-23-7-6-18-36-23/h2-10,14,18,22H,11-13,15-17,19-20H2,1H3. The lowest BCUT2D eigenvalue weighted by Crippen LogP contribution is -2.37. The fourth-order valence-corrected chi connectivity index (χ4v) is 6.18. The summed E-state index contributed by atoms with van der Waals surface area (Å²) in [5.74, 6) is 1.84. The second-order valence-electron chi connectivity index (χ2n) is 9.83. The molecule has 5 aromatic rings. The summed E-state index contributed by atoms with van der Waals surface area (Å²) >= 11 is 1.81. The van der Waals surface area contributed by atoms with Gasteiger partial charge in [-0.1, -0.05) is 24.3 Å². The van der Waals surface area contributed by atoms with Crippen LogP contribution in [-0.4, -0.2) is 43.5 Å². The third-order valence-corrected chi connectivity index (χ3v) is 8.38. The molecule has 0 amide bonds. The number of piperidine rings is 1. The van der Waals surface area contributed by atoms with Crippen molar-refractivity contribution in [1.82, 2.24) is 23.8 Å². The molecule has 1 aliphatic heterocycles. The van der Waals surface area contributed by atoms with Crippen LogP contribution in [0.2, 0.25) is 0 Å². The molecule has 36 heavy (non-hydrogen) atoms. The average Bonchev–Trinajstić information content (AvgIpc) is 3.53. The fraction of sp³-hybridized carbons (Fsp3) is 0.345. The average molecular weight is 498 g/mol. The quantitative estimate of drug-likeness (QED) is 0.319. The van der Waals surface area contributed by atoms with Gasteiger partial charge in [0.2, 0.25) is 0 Å². The number of pyridine rings is 1. The van der Waals surface area contributed by atoms with E-state index in [-0.39, 0.29) is 5.56 Å². The zero-order chi connectivity index (χ0) is 24.5. The Hall–Kier alpha value is -3.29. The van der Waals surface area contributed by atoms with Gasteiger partial charge in [-0.2, -0.15) is 0 Å². The molecule has 7 heteroatoms. The van der Waals surface area contributed by atoms with Crippen molar-refractivity contribution < 1.29 is 0 Å². The van der Waals surface area contributed by atoms with E-state index in [9.17, 15) is 4.79 Å². The van der Waals surface area contributed by atoms with E-state index in [1.165, 1.54) is 16.2 Å². The molecule has 6 nitrogen and oxygen atoms in total. The molecule has 1 saturated heterocycles. The lowest BCUT2D eigenvalue weighted by Gasteiger charge is -2.32. The van der Waals surface area contributed by atoms with Crippen LogP contribution in [0.3, 0.4) is 0 Å². The van der Waals surface area contributed by atoms with Gasteiger partial charge in [-0.15, -0.1) is 11.3 Å². The first-order valence-electron chi connectivity index (χ1n) is 12.8. The molecule has 0 spiro atoms. The molecule has 1 aromatic carbocycles. The number of aromatic nitrogens is 4. The number of aryl methyl sites for hydroxylation is 1. The summed E-state index contributed by atoms with van der Waals surface area (Å²) in [5, 5.41) is 2.15. The van der Waals surface area contributed by atoms with E-state index in [0.29, 0.717) is 5.92 Å². The Morgan fingerprint density at radius 1 is 1.00 bits per heavy atom. The first kappa shape index (κ1) is 23.1. The van der Waals surface area contributed by atoms with E-state index in [4.69, 9.17) is 4.98 Å². The Bertz CT molecular complexity index is 1540. The molecule has 4 aromatic heterocycles. The molecule has 0 N–H and O–H groups in total. The van der Waals surface area contributed by atoms with Gasteiger partial charge in [0, 0.05) is 35.3 Å². The zero-order valence-electron chi connectivity index (χ0n) is 20.6. The highest BCUT2D eigenvalue weighted by atomic mass is 32.1. The van der Waals surface area contributed by atoms with Crippen molar-refractivity contribution in [3.05, 3.63) is 98.5 Å². The number of benzene rings is 1. The number of nitrogens with zero attached hydrogens (tertiary/aromatic N) is 5.